The van der Waals surface area contributed by atoms with Crippen molar-refractivity contribution in [2.24, 2.45) is 22.2 Å². The van der Waals surface area contributed by atoms with Crippen LogP contribution in [-0.2, 0) is 32.0 Å². The smallest absolute Gasteiger partial charge is 0.320 e. The molecule has 1 aliphatic heterocycles. The number of nitrogens with two attached hydrogens (primary N) is 3. The molecule has 244 valence electrons. The van der Waals surface area contributed by atoms with Crippen LogP contribution in [0.15, 0.2) is 47.5 Å². The van der Waals surface area contributed by atoms with Crippen molar-refractivity contribution in [3.05, 3.63) is 64.4 Å². The molecule has 0 aliphatic carbocycles. The van der Waals surface area contributed by atoms with Gasteiger partial charge in [-0.3, -0.25) is 24.0 Å². The largest absolute Gasteiger partial charge is 0.483 e. The molecular weight excluding hydrogens is 619 g/mol. The minimum absolute atomic E-state index is 0.0129. The summed E-state index contributed by atoms with van der Waals surface area (Å²) in [7, 11) is -4.29. The van der Waals surface area contributed by atoms with E-state index >= 15 is 0 Å². The Hall–Kier alpha value is -3.50. The Morgan fingerprint density at radius 2 is 1.80 bits per heavy atom. The standard InChI is InChI=1S/C22H26ClFN2O5S.C6H14N4O2/c1-15-11-26(16(2)10-25(15)12-17-3-6-20(24)7-4-17)22(27)13-31-21-8-5-19(23)9-18(21)14-32(28,29)30;7-4(5(11)12)2-1-3-10-6(8)9/h3-9,15-16H,10-14H2,1-2H3,(H,28,29,30);4H,1-3,7H2,(H,11,12)(H4,8,9,10)/t15-,16+;/m0./s1. The van der Waals surface area contributed by atoms with E-state index in [0.717, 1.165) is 5.56 Å². The van der Waals surface area contributed by atoms with Gasteiger partial charge in [-0.05, 0) is 62.6 Å². The number of hydrogen-bond donors (Lipinski definition) is 5. The molecule has 3 rings (SSSR count). The van der Waals surface area contributed by atoms with Crippen LogP contribution in [0.25, 0.3) is 0 Å². The number of carbonyl (C=O) groups excluding carboxylic acids is 1. The Labute approximate surface area is 261 Å². The van der Waals surface area contributed by atoms with Crippen molar-refractivity contribution in [1.29, 1.82) is 0 Å². The quantitative estimate of drug-likeness (QED) is 0.0959. The molecule has 16 heteroatoms. The van der Waals surface area contributed by atoms with E-state index in [2.05, 4.69) is 9.89 Å². The monoisotopic (exact) mass is 658 g/mol. The summed E-state index contributed by atoms with van der Waals surface area (Å²) in [5, 5.41) is 8.67. The summed E-state index contributed by atoms with van der Waals surface area (Å²) in [5.74, 6) is -1.97. The fourth-order valence-corrected chi connectivity index (χ4v) is 5.27. The van der Waals surface area contributed by atoms with Crippen LogP contribution in [0.4, 0.5) is 4.39 Å². The lowest BCUT2D eigenvalue weighted by molar-refractivity contribution is -0.140. The van der Waals surface area contributed by atoms with E-state index in [9.17, 15) is 22.4 Å². The van der Waals surface area contributed by atoms with Crippen LogP contribution in [0.5, 0.6) is 5.75 Å². The molecule has 1 aliphatic rings. The van der Waals surface area contributed by atoms with E-state index in [-0.39, 0.29) is 47.7 Å². The number of nitrogens with zero attached hydrogens (tertiary/aromatic N) is 3. The molecule has 0 aromatic heterocycles. The normalized spacial score (nSPS) is 17.6. The summed E-state index contributed by atoms with van der Waals surface area (Å²) in [6, 6.07) is 9.98. The van der Waals surface area contributed by atoms with Gasteiger partial charge in [-0.2, -0.15) is 8.42 Å². The Morgan fingerprint density at radius 3 is 2.39 bits per heavy atom. The van der Waals surface area contributed by atoms with Crippen LogP contribution < -0.4 is 21.9 Å². The van der Waals surface area contributed by atoms with Crippen molar-refractivity contribution in [3.63, 3.8) is 0 Å². The number of aliphatic imine (C=N–C) groups is 1. The predicted octanol–water partition coefficient (Wildman–Crippen LogP) is 1.82. The van der Waals surface area contributed by atoms with E-state index in [0.29, 0.717) is 44.0 Å². The molecule has 1 fully saturated rings. The Kier molecular flexibility index (Phi) is 14.3. The first-order valence-electron chi connectivity index (χ1n) is 13.7. The number of ether oxygens (including phenoxy) is 1. The van der Waals surface area contributed by atoms with Gasteiger partial charge < -0.3 is 31.9 Å². The molecule has 0 radical (unpaired) electrons. The van der Waals surface area contributed by atoms with Crippen molar-refractivity contribution in [1.82, 2.24) is 9.80 Å². The molecule has 1 saturated heterocycles. The Morgan fingerprint density at radius 1 is 1.14 bits per heavy atom. The van der Waals surface area contributed by atoms with E-state index in [1.165, 1.54) is 30.3 Å². The minimum atomic E-state index is -4.29. The summed E-state index contributed by atoms with van der Waals surface area (Å²) >= 11 is 5.91. The lowest BCUT2D eigenvalue weighted by Crippen LogP contribution is -2.58. The number of guanidine groups is 1. The Bertz CT molecular complexity index is 1390. The average Bonchev–Trinajstić information content (AvgIpc) is 2.92. The number of halogens is 2. The van der Waals surface area contributed by atoms with Gasteiger partial charge in [0, 0.05) is 48.8 Å². The lowest BCUT2D eigenvalue weighted by atomic mass is 10.1. The molecular formula is C28H40ClFN6O7S. The van der Waals surface area contributed by atoms with Gasteiger partial charge in [0.1, 0.15) is 23.4 Å². The maximum atomic E-state index is 13.1. The third kappa shape index (κ3) is 13.0. The van der Waals surface area contributed by atoms with E-state index < -0.39 is 27.9 Å². The highest BCUT2D eigenvalue weighted by atomic mass is 35.5. The lowest BCUT2D eigenvalue weighted by Gasteiger charge is -2.44. The molecule has 1 heterocycles. The zero-order valence-electron chi connectivity index (χ0n) is 24.6. The van der Waals surface area contributed by atoms with Crippen LogP contribution in [0, 0.1) is 5.82 Å². The van der Waals surface area contributed by atoms with Crippen molar-refractivity contribution in [2.45, 2.75) is 57.1 Å². The fourth-order valence-electron chi connectivity index (χ4n) is 4.45. The molecule has 0 saturated carbocycles. The number of amides is 1. The Balaban J connectivity index is 0.000000477. The van der Waals surface area contributed by atoms with Gasteiger partial charge in [0.15, 0.2) is 12.6 Å². The second-order valence-electron chi connectivity index (χ2n) is 10.5. The third-order valence-corrected chi connectivity index (χ3v) is 7.64. The van der Waals surface area contributed by atoms with E-state index in [4.69, 9.17) is 43.2 Å². The molecule has 0 spiro atoms. The minimum Gasteiger partial charge on any atom is -0.483 e. The molecule has 2 aromatic carbocycles. The zero-order valence-corrected chi connectivity index (χ0v) is 26.2. The van der Waals surface area contributed by atoms with Crippen LogP contribution in [-0.4, -0.2) is 90.1 Å². The van der Waals surface area contributed by atoms with Gasteiger partial charge in [-0.25, -0.2) is 4.39 Å². The fraction of sp³-hybridized carbons (Fsp3) is 0.464. The molecule has 13 nitrogen and oxygen atoms in total. The van der Waals surface area contributed by atoms with E-state index in [1.807, 2.05) is 13.8 Å². The maximum absolute atomic E-state index is 13.1. The highest BCUT2D eigenvalue weighted by Crippen LogP contribution is 2.25. The van der Waals surface area contributed by atoms with Crippen molar-refractivity contribution >= 4 is 39.6 Å². The van der Waals surface area contributed by atoms with Gasteiger partial charge in [-0.15, -0.1) is 0 Å². The predicted molar refractivity (Wildman–Crippen MR) is 165 cm³/mol. The molecule has 0 bridgehead atoms. The average molecular weight is 659 g/mol. The third-order valence-electron chi connectivity index (χ3n) is 6.73. The summed E-state index contributed by atoms with van der Waals surface area (Å²) in [6.45, 7) is 5.95. The molecule has 8 N–H and O–H groups in total. The molecule has 1 amide bonds. The number of carboxylic acid groups (broad SMARTS) is 1. The number of carboxylic acids is 1. The van der Waals surface area contributed by atoms with Crippen molar-refractivity contribution in [2.75, 3.05) is 26.2 Å². The highest BCUT2D eigenvalue weighted by molar-refractivity contribution is 7.85. The molecule has 2 aromatic rings. The summed E-state index contributed by atoms with van der Waals surface area (Å²) in [6.07, 6.45) is 0.956. The first-order valence-corrected chi connectivity index (χ1v) is 15.7. The van der Waals surface area contributed by atoms with Crippen LogP contribution in [0.2, 0.25) is 5.02 Å². The maximum Gasteiger partial charge on any atom is 0.320 e. The van der Waals surface area contributed by atoms with Crippen LogP contribution in [0.3, 0.4) is 0 Å². The first kappa shape index (κ1) is 36.7. The van der Waals surface area contributed by atoms with Gasteiger partial charge >= 0.3 is 5.97 Å². The number of rotatable bonds is 12. The number of hydrogen-bond acceptors (Lipinski definition) is 8. The zero-order chi connectivity index (χ0) is 33.0. The summed E-state index contributed by atoms with van der Waals surface area (Å²) < 4.78 is 50.4. The molecule has 3 atom stereocenters. The number of benzene rings is 2. The van der Waals surface area contributed by atoms with Crippen molar-refractivity contribution < 1.29 is 36.8 Å². The SMILES string of the molecule is C[C@@H]1CN(Cc2ccc(F)cc2)[C@@H](C)CN1C(=O)COc1ccc(Cl)cc1CS(=O)(=O)O.NC(N)=NCCCC(N)C(=O)O. The summed E-state index contributed by atoms with van der Waals surface area (Å²) in [4.78, 5) is 30.7. The second kappa shape index (κ2) is 17.1. The first-order chi connectivity index (χ1) is 20.6. The van der Waals surface area contributed by atoms with Gasteiger partial charge in [0.2, 0.25) is 0 Å². The van der Waals surface area contributed by atoms with Crippen LogP contribution >= 0.6 is 11.6 Å². The van der Waals surface area contributed by atoms with Gasteiger partial charge in [0.05, 0.1) is 0 Å². The molecule has 44 heavy (non-hydrogen) atoms. The van der Waals surface area contributed by atoms with E-state index in [1.54, 1.807) is 17.0 Å². The summed E-state index contributed by atoms with van der Waals surface area (Å²) in [5.41, 5.74) is 16.5. The second-order valence-corrected chi connectivity index (χ2v) is 12.3. The molecule has 1 unspecified atom stereocenters. The van der Waals surface area contributed by atoms with Crippen molar-refractivity contribution in [3.8, 4) is 5.75 Å². The topological polar surface area (TPSA) is 215 Å². The number of piperazine rings is 1. The van der Waals surface area contributed by atoms with Gasteiger partial charge in [0.25, 0.3) is 16.0 Å². The number of aliphatic carboxylic acids is 1. The number of carbonyl (C=O) groups is 2. The van der Waals surface area contributed by atoms with Gasteiger partial charge in [-0.1, -0.05) is 23.7 Å². The highest BCUT2D eigenvalue weighted by Gasteiger charge is 2.32. The van der Waals surface area contributed by atoms with Crippen LogP contribution in [0.1, 0.15) is 37.8 Å².